The van der Waals surface area contributed by atoms with Crippen LogP contribution >= 0.6 is 0 Å². The van der Waals surface area contributed by atoms with Crippen molar-refractivity contribution in [2.24, 2.45) is 5.92 Å². The van der Waals surface area contributed by atoms with Gasteiger partial charge < -0.3 is 9.47 Å². The van der Waals surface area contributed by atoms with Gasteiger partial charge in [-0.1, -0.05) is 19.9 Å². The van der Waals surface area contributed by atoms with Gasteiger partial charge in [-0.25, -0.2) is 4.79 Å². The minimum absolute atomic E-state index is 0.0649. The number of carbonyl (C=O) groups is 1. The van der Waals surface area contributed by atoms with Gasteiger partial charge in [0.25, 0.3) is 0 Å². The molecule has 0 N–H and O–H groups in total. The fourth-order valence-corrected chi connectivity index (χ4v) is 4.71. The summed E-state index contributed by atoms with van der Waals surface area (Å²) in [6.07, 6.45) is 10.3. The molecular weight excluding hydrogens is 264 g/mol. The second-order valence-electron chi connectivity index (χ2n) is 7.34. The van der Waals surface area contributed by atoms with Crippen molar-refractivity contribution in [3.05, 3.63) is 12.2 Å². The summed E-state index contributed by atoms with van der Waals surface area (Å²) >= 11 is 0. The first-order valence-corrected chi connectivity index (χ1v) is 8.57. The van der Waals surface area contributed by atoms with Gasteiger partial charge in [0.2, 0.25) is 0 Å². The summed E-state index contributed by atoms with van der Waals surface area (Å²) in [5, 5.41) is 0. The normalized spacial score (nSPS) is 37.4. The summed E-state index contributed by atoms with van der Waals surface area (Å²) in [5.74, 6) is 0.167. The van der Waals surface area contributed by atoms with Crippen molar-refractivity contribution in [2.45, 2.75) is 88.9 Å². The van der Waals surface area contributed by atoms with Crippen LogP contribution in [-0.4, -0.2) is 23.3 Å². The van der Waals surface area contributed by atoms with Gasteiger partial charge >= 0.3 is 5.97 Å². The molecule has 3 aliphatic rings. The molecule has 2 saturated heterocycles. The quantitative estimate of drug-likeness (QED) is 0.576. The van der Waals surface area contributed by atoms with Crippen molar-refractivity contribution in [1.82, 2.24) is 0 Å². The van der Waals surface area contributed by atoms with Crippen molar-refractivity contribution in [3.63, 3.8) is 0 Å². The lowest BCUT2D eigenvalue weighted by atomic mass is 9.67. The summed E-state index contributed by atoms with van der Waals surface area (Å²) < 4.78 is 12.4. The summed E-state index contributed by atoms with van der Waals surface area (Å²) in [6.45, 7) is 7.71. The fraction of sp³-hybridized carbons (Fsp3) is 0.833. The third kappa shape index (κ3) is 2.54. The van der Waals surface area contributed by atoms with Crippen molar-refractivity contribution in [2.75, 3.05) is 0 Å². The van der Waals surface area contributed by atoms with Gasteiger partial charge in [0.1, 0.15) is 5.60 Å². The molecule has 21 heavy (non-hydrogen) atoms. The molecule has 3 heteroatoms. The van der Waals surface area contributed by atoms with Crippen LogP contribution < -0.4 is 0 Å². The van der Waals surface area contributed by atoms with Gasteiger partial charge in [0.05, 0.1) is 11.7 Å². The van der Waals surface area contributed by atoms with Crippen LogP contribution in [0, 0.1) is 5.92 Å². The second-order valence-corrected chi connectivity index (χ2v) is 7.34. The van der Waals surface area contributed by atoms with Gasteiger partial charge in [-0.15, -0.1) is 0 Å². The molecule has 0 aromatic heterocycles. The Balaban J connectivity index is 1.83. The number of hydrogen-bond acceptors (Lipinski definition) is 3. The van der Waals surface area contributed by atoms with Crippen LogP contribution in [-0.2, 0) is 14.3 Å². The third-order valence-corrected chi connectivity index (χ3v) is 5.99. The topological polar surface area (TPSA) is 35.5 Å². The summed E-state index contributed by atoms with van der Waals surface area (Å²) in [7, 11) is 0. The molecule has 118 valence electrons. The Labute approximate surface area is 128 Å². The van der Waals surface area contributed by atoms with Crippen molar-refractivity contribution >= 4 is 5.97 Å². The lowest BCUT2D eigenvalue weighted by Crippen LogP contribution is -2.48. The lowest BCUT2D eigenvalue weighted by Gasteiger charge is -2.44. The van der Waals surface area contributed by atoms with Crippen molar-refractivity contribution < 1.29 is 14.3 Å². The van der Waals surface area contributed by atoms with Gasteiger partial charge in [-0.05, 0) is 58.3 Å². The molecule has 2 heterocycles. The number of carbonyl (C=O) groups excluding carboxylic acids is 1. The minimum atomic E-state index is -0.295. The Morgan fingerprint density at radius 3 is 2.57 bits per heavy atom. The molecule has 3 unspecified atom stereocenters. The van der Waals surface area contributed by atoms with Crippen LogP contribution in [0.5, 0.6) is 0 Å². The smallest absolute Gasteiger partial charge is 0.333 e. The molecule has 0 aromatic rings. The molecule has 0 spiro atoms. The molecule has 1 saturated carbocycles. The number of ether oxygens (including phenoxy) is 2. The van der Waals surface area contributed by atoms with E-state index in [4.69, 9.17) is 9.47 Å². The van der Waals surface area contributed by atoms with E-state index in [1.165, 1.54) is 12.8 Å². The third-order valence-electron chi connectivity index (χ3n) is 5.99. The van der Waals surface area contributed by atoms with Crippen LogP contribution in [0.25, 0.3) is 0 Å². The molecule has 1 aliphatic carbocycles. The summed E-state index contributed by atoms with van der Waals surface area (Å²) in [5.41, 5.74) is 0.278. The zero-order chi connectivity index (χ0) is 15.1. The highest BCUT2D eigenvalue weighted by Crippen LogP contribution is 2.56. The summed E-state index contributed by atoms with van der Waals surface area (Å²) in [6, 6.07) is 0. The van der Waals surface area contributed by atoms with E-state index in [-0.39, 0.29) is 17.2 Å². The maximum absolute atomic E-state index is 12.2. The summed E-state index contributed by atoms with van der Waals surface area (Å²) in [4.78, 5) is 12.2. The Morgan fingerprint density at radius 2 is 2.00 bits per heavy atom. The van der Waals surface area contributed by atoms with Crippen LogP contribution in [0.15, 0.2) is 12.2 Å². The van der Waals surface area contributed by atoms with Crippen LogP contribution in [0.4, 0.5) is 0 Å². The zero-order valence-electron chi connectivity index (χ0n) is 13.5. The van der Waals surface area contributed by atoms with Crippen LogP contribution in [0.2, 0.25) is 0 Å². The standard InChI is InChI=1S/C18H28O3/c1-4-17-11-8-15(20-17)14(12-17)18(9-6-5-7-10-18)21-16(19)13(2)3/h14-15H,2,4-12H2,1,3H3. The minimum Gasteiger partial charge on any atom is -0.455 e. The Kier molecular flexibility index (Phi) is 3.89. The molecular formula is C18H28O3. The number of fused-ring (bicyclic) bond motifs is 2. The second kappa shape index (κ2) is 5.42. The molecule has 0 aromatic carbocycles. The van der Waals surface area contributed by atoms with E-state index in [2.05, 4.69) is 13.5 Å². The SMILES string of the molecule is C=C(C)C(=O)OC1(C2CC3(CC)CCC2O3)CCCCC1. The molecule has 3 fully saturated rings. The average Bonchev–Trinajstić information content (AvgIpc) is 3.07. The molecule has 3 rings (SSSR count). The maximum atomic E-state index is 12.2. The zero-order valence-corrected chi connectivity index (χ0v) is 13.5. The van der Waals surface area contributed by atoms with E-state index in [1.54, 1.807) is 6.92 Å². The molecule has 3 nitrogen and oxygen atoms in total. The van der Waals surface area contributed by atoms with Crippen LogP contribution in [0.1, 0.15) is 71.6 Å². The molecule has 2 bridgehead atoms. The first-order valence-electron chi connectivity index (χ1n) is 8.57. The van der Waals surface area contributed by atoms with Crippen molar-refractivity contribution in [3.8, 4) is 0 Å². The predicted molar refractivity (Wildman–Crippen MR) is 82.0 cm³/mol. The highest BCUT2D eigenvalue weighted by molar-refractivity contribution is 5.87. The highest BCUT2D eigenvalue weighted by atomic mass is 16.6. The van der Waals surface area contributed by atoms with Crippen LogP contribution in [0.3, 0.4) is 0 Å². The van der Waals surface area contributed by atoms with Gasteiger partial charge in [0.15, 0.2) is 0 Å². The van der Waals surface area contributed by atoms with E-state index < -0.39 is 0 Å². The molecule has 3 atom stereocenters. The van der Waals surface area contributed by atoms with E-state index in [0.29, 0.717) is 17.6 Å². The lowest BCUT2D eigenvalue weighted by molar-refractivity contribution is -0.169. The van der Waals surface area contributed by atoms with Gasteiger partial charge in [0, 0.05) is 11.5 Å². The maximum Gasteiger partial charge on any atom is 0.333 e. The number of rotatable bonds is 4. The Hall–Kier alpha value is -0.830. The largest absolute Gasteiger partial charge is 0.455 e. The van der Waals surface area contributed by atoms with Crippen molar-refractivity contribution in [1.29, 1.82) is 0 Å². The molecule has 0 amide bonds. The highest BCUT2D eigenvalue weighted by Gasteiger charge is 2.59. The van der Waals surface area contributed by atoms with E-state index in [0.717, 1.165) is 44.9 Å². The monoisotopic (exact) mass is 292 g/mol. The van der Waals surface area contributed by atoms with E-state index in [1.807, 2.05) is 0 Å². The van der Waals surface area contributed by atoms with E-state index in [9.17, 15) is 4.79 Å². The predicted octanol–water partition coefficient (Wildman–Crippen LogP) is 4.16. The van der Waals surface area contributed by atoms with Gasteiger partial charge in [-0.3, -0.25) is 0 Å². The molecule has 2 aliphatic heterocycles. The molecule has 0 radical (unpaired) electrons. The Morgan fingerprint density at radius 1 is 1.29 bits per heavy atom. The first kappa shape index (κ1) is 15.1. The first-order chi connectivity index (χ1) is 10.0. The fourth-order valence-electron chi connectivity index (χ4n) is 4.71. The number of esters is 1. The number of hydrogen-bond donors (Lipinski definition) is 0. The van der Waals surface area contributed by atoms with E-state index >= 15 is 0 Å². The van der Waals surface area contributed by atoms with Gasteiger partial charge in [-0.2, -0.15) is 0 Å². The average molecular weight is 292 g/mol. The Bertz CT molecular complexity index is 436.